The van der Waals surface area contributed by atoms with Gasteiger partial charge in [0, 0.05) is 5.39 Å². The van der Waals surface area contributed by atoms with Crippen molar-refractivity contribution in [3.8, 4) is 16.9 Å². The maximum absolute atomic E-state index is 12.7. The lowest BCUT2D eigenvalue weighted by atomic mass is 9.97. The zero-order valence-electron chi connectivity index (χ0n) is 11.0. The van der Waals surface area contributed by atoms with Gasteiger partial charge in [-0.15, -0.1) is 11.3 Å². The van der Waals surface area contributed by atoms with Gasteiger partial charge in [-0.3, -0.25) is 4.79 Å². The Balaban J connectivity index is 2.32. The topological polar surface area (TPSA) is 37.3 Å². The fraction of sp³-hybridized carbons (Fsp3) is 0.0625. The van der Waals surface area contributed by atoms with Gasteiger partial charge >= 0.3 is 6.18 Å². The summed E-state index contributed by atoms with van der Waals surface area (Å²) in [4.78, 5) is 11.6. The number of hydrogen-bond acceptors (Lipinski definition) is 3. The predicted molar refractivity (Wildman–Crippen MR) is 79.3 cm³/mol. The molecule has 1 aromatic heterocycles. The number of carbonyl (C=O) groups is 1. The van der Waals surface area contributed by atoms with Crippen molar-refractivity contribution >= 4 is 27.2 Å². The number of rotatable bonds is 2. The minimum atomic E-state index is -5.03. The van der Waals surface area contributed by atoms with Crippen LogP contribution in [0.3, 0.4) is 0 Å². The number of hydrogen-bond donors (Lipinski definition) is 1. The van der Waals surface area contributed by atoms with E-state index in [1.54, 1.807) is 41.8 Å². The van der Waals surface area contributed by atoms with Gasteiger partial charge in [0.1, 0.15) is 5.75 Å². The van der Waals surface area contributed by atoms with Gasteiger partial charge in [0.25, 0.3) is 5.78 Å². The van der Waals surface area contributed by atoms with Crippen LogP contribution in [0.25, 0.3) is 21.2 Å². The van der Waals surface area contributed by atoms with Crippen LogP contribution in [0.1, 0.15) is 10.4 Å². The summed E-state index contributed by atoms with van der Waals surface area (Å²) < 4.78 is 38.4. The SMILES string of the molecule is O=C(c1cc(-c2ccccc2)c2ccsc2c1O)C(F)(F)F. The van der Waals surface area contributed by atoms with Crippen LogP contribution >= 0.6 is 11.3 Å². The molecule has 0 saturated carbocycles. The molecule has 6 heteroatoms. The molecule has 1 heterocycles. The second-order valence-electron chi connectivity index (χ2n) is 4.68. The monoisotopic (exact) mass is 322 g/mol. The van der Waals surface area contributed by atoms with Crippen molar-refractivity contribution in [2.24, 2.45) is 0 Å². The van der Waals surface area contributed by atoms with Gasteiger partial charge in [-0.1, -0.05) is 30.3 Å². The van der Waals surface area contributed by atoms with Crippen LogP contribution in [0.4, 0.5) is 13.2 Å². The number of carbonyl (C=O) groups excluding carboxylic acids is 1. The molecule has 1 N–H and O–H groups in total. The van der Waals surface area contributed by atoms with Crippen molar-refractivity contribution in [3.63, 3.8) is 0 Å². The molecule has 0 aliphatic carbocycles. The lowest BCUT2D eigenvalue weighted by Crippen LogP contribution is -2.22. The average molecular weight is 322 g/mol. The number of alkyl halides is 3. The van der Waals surface area contributed by atoms with Gasteiger partial charge in [-0.2, -0.15) is 13.2 Å². The normalized spacial score (nSPS) is 11.8. The second kappa shape index (κ2) is 5.14. The van der Waals surface area contributed by atoms with Crippen LogP contribution in [-0.2, 0) is 0 Å². The van der Waals surface area contributed by atoms with E-state index >= 15 is 0 Å². The molecule has 0 fully saturated rings. The van der Waals surface area contributed by atoms with E-state index in [9.17, 15) is 23.1 Å². The number of halogens is 3. The Bertz CT molecular complexity index is 851. The van der Waals surface area contributed by atoms with Crippen LogP contribution in [0.15, 0.2) is 47.8 Å². The first-order valence-corrected chi connectivity index (χ1v) is 7.17. The average Bonchev–Trinajstić information content (AvgIpc) is 2.97. The van der Waals surface area contributed by atoms with E-state index in [2.05, 4.69) is 0 Å². The molecule has 0 atom stereocenters. The van der Waals surface area contributed by atoms with Gasteiger partial charge in [-0.05, 0) is 28.6 Å². The predicted octanol–water partition coefficient (Wildman–Crippen LogP) is 5.02. The highest BCUT2D eigenvalue weighted by molar-refractivity contribution is 7.17. The van der Waals surface area contributed by atoms with E-state index in [0.29, 0.717) is 16.5 Å². The zero-order valence-corrected chi connectivity index (χ0v) is 11.8. The summed E-state index contributed by atoms with van der Waals surface area (Å²) in [5.41, 5.74) is 0.450. The molecule has 0 bridgehead atoms. The summed E-state index contributed by atoms with van der Waals surface area (Å²) in [7, 11) is 0. The fourth-order valence-corrected chi connectivity index (χ4v) is 3.17. The maximum atomic E-state index is 12.7. The van der Waals surface area contributed by atoms with Crippen LogP contribution in [0, 0.1) is 0 Å². The Labute approximate surface area is 127 Å². The minimum Gasteiger partial charge on any atom is -0.506 e. The summed E-state index contributed by atoms with van der Waals surface area (Å²) >= 11 is 1.10. The molecule has 0 aliphatic rings. The third kappa shape index (κ3) is 2.35. The van der Waals surface area contributed by atoms with Gasteiger partial charge < -0.3 is 5.11 Å². The Hall–Kier alpha value is -2.34. The summed E-state index contributed by atoms with van der Waals surface area (Å²) in [5.74, 6) is -2.66. The molecular weight excluding hydrogens is 313 g/mol. The van der Waals surface area contributed by atoms with Crippen molar-refractivity contribution in [2.45, 2.75) is 6.18 Å². The number of fused-ring (bicyclic) bond motifs is 1. The first kappa shape index (κ1) is 14.6. The Morgan fingerprint density at radius 3 is 2.41 bits per heavy atom. The van der Waals surface area contributed by atoms with Gasteiger partial charge in [-0.25, -0.2) is 0 Å². The van der Waals surface area contributed by atoms with Crippen molar-refractivity contribution < 1.29 is 23.1 Å². The van der Waals surface area contributed by atoms with Crippen molar-refractivity contribution in [3.05, 3.63) is 53.4 Å². The third-order valence-corrected chi connectivity index (χ3v) is 4.22. The molecule has 3 aromatic rings. The molecule has 0 saturated heterocycles. The molecule has 22 heavy (non-hydrogen) atoms. The van der Waals surface area contributed by atoms with E-state index in [-0.39, 0.29) is 4.70 Å². The summed E-state index contributed by atoms with van der Waals surface area (Å²) in [5, 5.41) is 12.3. The fourth-order valence-electron chi connectivity index (χ4n) is 2.30. The smallest absolute Gasteiger partial charge is 0.455 e. The molecule has 2 nitrogen and oxygen atoms in total. The standard InChI is InChI=1S/C16H9F3O2S/c17-16(18,19)15(21)12-8-11(9-4-2-1-3-5-9)10-6-7-22-14(10)13(12)20/h1-8,20H. The second-order valence-corrected chi connectivity index (χ2v) is 5.59. The minimum absolute atomic E-state index is 0.272. The summed E-state index contributed by atoms with van der Waals surface area (Å²) in [6, 6.07) is 11.6. The van der Waals surface area contributed by atoms with Crippen molar-refractivity contribution in [2.75, 3.05) is 0 Å². The van der Waals surface area contributed by atoms with Crippen LogP contribution < -0.4 is 0 Å². The summed E-state index contributed by atoms with van der Waals surface area (Å²) in [6.45, 7) is 0. The molecule has 0 aliphatic heterocycles. The molecule has 0 amide bonds. The van der Waals surface area contributed by atoms with Crippen molar-refractivity contribution in [1.82, 2.24) is 0 Å². The molecule has 112 valence electrons. The quantitative estimate of drug-likeness (QED) is 0.673. The maximum Gasteiger partial charge on any atom is 0.455 e. The Morgan fingerprint density at radius 2 is 1.77 bits per heavy atom. The van der Waals surface area contributed by atoms with E-state index in [4.69, 9.17) is 0 Å². The molecule has 2 aromatic carbocycles. The first-order chi connectivity index (χ1) is 10.4. The number of ketones is 1. The summed E-state index contributed by atoms with van der Waals surface area (Å²) in [6.07, 6.45) is -5.03. The Kier molecular flexibility index (Phi) is 3.41. The highest BCUT2D eigenvalue weighted by atomic mass is 32.1. The van der Waals surface area contributed by atoms with Crippen LogP contribution in [0.2, 0.25) is 0 Å². The van der Waals surface area contributed by atoms with Crippen molar-refractivity contribution in [1.29, 1.82) is 0 Å². The lowest BCUT2D eigenvalue weighted by molar-refractivity contribution is -0.0886. The lowest BCUT2D eigenvalue weighted by Gasteiger charge is -2.11. The highest BCUT2D eigenvalue weighted by Crippen LogP contribution is 2.41. The molecule has 0 unspecified atom stereocenters. The molecule has 0 spiro atoms. The van der Waals surface area contributed by atoms with Crippen LogP contribution in [0.5, 0.6) is 5.75 Å². The zero-order chi connectivity index (χ0) is 15.9. The molecule has 0 radical (unpaired) electrons. The number of thiophene rings is 1. The first-order valence-electron chi connectivity index (χ1n) is 6.29. The van der Waals surface area contributed by atoms with E-state index in [0.717, 1.165) is 17.4 Å². The highest BCUT2D eigenvalue weighted by Gasteiger charge is 2.41. The number of aromatic hydroxyl groups is 1. The number of Topliss-reactive ketones (excluding diaryl/α,β-unsaturated/α-hetero) is 1. The van der Waals surface area contributed by atoms with E-state index in [1.165, 1.54) is 0 Å². The number of phenolic OH excluding ortho intramolecular Hbond substituents is 1. The van der Waals surface area contributed by atoms with Crippen LogP contribution in [-0.4, -0.2) is 17.1 Å². The van der Waals surface area contributed by atoms with Gasteiger partial charge in [0.15, 0.2) is 0 Å². The van der Waals surface area contributed by atoms with Gasteiger partial charge in [0.2, 0.25) is 0 Å². The Morgan fingerprint density at radius 1 is 1.09 bits per heavy atom. The number of benzene rings is 2. The molecular formula is C16H9F3O2S. The molecule has 3 rings (SSSR count). The van der Waals surface area contributed by atoms with Gasteiger partial charge in [0.05, 0.1) is 10.3 Å². The largest absolute Gasteiger partial charge is 0.506 e. The third-order valence-electron chi connectivity index (χ3n) is 3.30. The van der Waals surface area contributed by atoms with E-state index < -0.39 is 23.3 Å². The number of phenols is 1. The van der Waals surface area contributed by atoms with E-state index in [1.807, 2.05) is 0 Å².